The largest absolute Gasteiger partial charge is 0.351 e. The van der Waals surface area contributed by atoms with E-state index in [0.29, 0.717) is 12.2 Å². The lowest BCUT2D eigenvalue weighted by Gasteiger charge is -2.27. The first-order chi connectivity index (χ1) is 11.3. The molecule has 5 heteroatoms. The van der Waals surface area contributed by atoms with E-state index in [1.807, 2.05) is 42.5 Å². The molecule has 0 saturated carbocycles. The van der Waals surface area contributed by atoms with E-state index < -0.39 is 0 Å². The van der Waals surface area contributed by atoms with Crippen LogP contribution in [0.15, 0.2) is 42.5 Å². The van der Waals surface area contributed by atoms with Crippen LogP contribution >= 0.6 is 0 Å². The summed E-state index contributed by atoms with van der Waals surface area (Å²) in [5.74, 6) is -0.0347. The van der Waals surface area contributed by atoms with Gasteiger partial charge in [0, 0.05) is 38.4 Å². The van der Waals surface area contributed by atoms with Crippen LogP contribution in [-0.4, -0.2) is 55.1 Å². The van der Waals surface area contributed by atoms with Crippen molar-refractivity contribution >= 4 is 5.91 Å². The van der Waals surface area contributed by atoms with E-state index in [1.165, 1.54) is 0 Å². The van der Waals surface area contributed by atoms with Crippen LogP contribution in [0.5, 0.6) is 0 Å². The van der Waals surface area contributed by atoms with Crippen LogP contribution in [-0.2, 0) is 0 Å². The molecule has 0 atom stereocenters. The highest BCUT2D eigenvalue weighted by molar-refractivity contribution is 5.93. The molecule has 122 valence electrons. The topological polar surface area (TPSA) is 60.2 Å². The highest BCUT2D eigenvalue weighted by Crippen LogP contribution is 2.17. The summed E-state index contributed by atoms with van der Waals surface area (Å²) in [6.45, 7) is 6.09. The maximum absolute atomic E-state index is 12.2. The minimum absolute atomic E-state index is 0.0347. The van der Waals surface area contributed by atoms with Crippen molar-refractivity contribution in [3.63, 3.8) is 0 Å². The molecule has 2 heterocycles. The Morgan fingerprint density at radius 1 is 1.09 bits per heavy atom. The van der Waals surface area contributed by atoms with Crippen molar-refractivity contribution in [1.29, 1.82) is 0 Å². The van der Waals surface area contributed by atoms with Gasteiger partial charge in [0.15, 0.2) is 0 Å². The van der Waals surface area contributed by atoms with Crippen LogP contribution in [0.25, 0.3) is 11.3 Å². The average Bonchev–Trinajstić information content (AvgIpc) is 3.10. The molecule has 0 bridgehead atoms. The molecular formula is C18H24N4O. The van der Waals surface area contributed by atoms with E-state index in [1.54, 1.807) is 0 Å². The number of nitrogens with one attached hydrogen (secondary N) is 3. The van der Waals surface area contributed by atoms with Gasteiger partial charge in [-0.2, -0.15) is 0 Å². The summed E-state index contributed by atoms with van der Waals surface area (Å²) in [6.07, 6.45) is 0.984. The van der Waals surface area contributed by atoms with Gasteiger partial charge in [0.05, 0.1) is 0 Å². The molecule has 0 unspecified atom stereocenters. The van der Waals surface area contributed by atoms with E-state index in [4.69, 9.17) is 0 Å². The van der Waals surface area contributed by atoms with Crippen molar-refractivity contribution in [2.75, 3.05) is 39.3 Å². The first-order valence-corrected chi connectivity index (χ1v) is 8.28. The Bertz CT molecular complexity index is 617. The van der Waals surface area contributed by atoms with E-state index in [2.05, 4.69) is 20.5 Å². The van der Waals surface area contributed by atoms with Gasteiger partial charge in [-0.1, -0.05) is 30.3 Å². The summed E-state index contributed by atoms with van der Waals surface area (Å²) in [4.78, 5) is 17.8. The van der Waals surface area contributed by atoms with E-state index in [0.717, 1.165) is 50.4 Å². The van der Waals surface area contributed by atoms with Gasteiger partial charge in [-0.15, -0.1) is 0 Å². The highest BCUT2D eigenvalue weighted by Gasteiger charge is 2.10. The Hall–Kier alpha value is -2.11. The first-order valence-electron chi connectivity index (χ1n) is 8.28. The molecule has 5 nitrogen and oxygen atoms in total. The van der Waals surface area contributed by atoms with Gasteiger partial charge in [-0.3, -0.25) is 4.79 Å². The second-order valence-electron chi connectivity index (χ2n) is 5.85. The number of carbonyl (C=O) groups is 1. The third kappa shape index (κ3) is 4.43. The number of aromatic amines is 1. The Labute approximate surface area is 137 Å². The van der Waals surface area contributed by atoms with Gasteiger partial charge < -0.3 is 20.5 Å². The molecule has 1 aromatic carbocycles. The zero-order valence-corrected chi connectivity index (χ0v) is 13.3. The molecule has 1 fully saturated rings. The van der Waals surface area contributed by atoms with E-state index in [-0.39, 0.29) is 5.91 Å². The summed E-state index contributed by atoms with van der Waals surface area (Å²) in [7, 11) is 0. The minimum Gasteiger partial charge on any atom is -0.351 e. The van der Waals surface area contributed by atoms with Gasteiger partial charge >= 0.3 is 0 Å². The van der Waals surface area contributed by atoms with Crippen LogP contribution in [0.3, 0.4) is 0 Å². The third-order valence-electron chi connectivity index (χ3n) is 4.16. The predicted octanol–water partition coefficient (Wildman–Crippen LogP) is 1.71. The summed E-state index contributed by atoms with van der Waals surface area (Å²) >= 11 is 0. The van der Waals surface area contributed by atoms with Crippen molar-refractivity contribution in [2.45, 2.75) is 6.42 Å². The molecule has 2 aromatic rings. The van der Waals surface area contributed by atoms with E-state index >= 15 is 0 Å². The molecule has 0 spiro atoms. The molecule has 1 saturated heterocycles. The molecular weight excluding hydrogens is 288 g/mol. The number of carbonyl (C=O) groups excluding carboxylic acids is 1. The van der Waals surface area contributed by atoms with E-state index in [9.17, 15) is 4.79 Å². The predicted molar refractivity (Wildman–Crippen MR) is 92.5 cm³/mol. The fourth-order valence-corrected chi connectivity index (χ4v) is 2.85. The number of piperazine rings is 1. The standard InChI is InChI=1S/C18H24N4O/c23-18(20-9-4-12-22-13-10-19-11-14-22)17-8-7-16(21-17)15-5-2-1-3-6-15/h1-3,5-8,19,21H,4,9-14H2,(H,20,23). The number of nitrogens with zero attached hydrogens (tertiary/aromatic N) is 1. The van der Waals surface area contributed by atoms with Crippen LogP contribution in [0.1, 0.15) is 16.9 Å². The monoisotopic (exact) mass is 312 g/mol. The van der Waals surface area contributed by atoms with Crippen LogP contribution in [0, 0.1) is 0 Å². The number of benzene rings is 1. The lowest BCUT2D eigenvalue weighted by molar-refractivity contribution is 0.0947. The van der Waals surface area contributed by atoms with Crippen LogP contribution < -0.4 is 10.6 Å². The summed E-state index contributed by atoms with van der Waals surface area (Å²) in [5, 5.41) is 6.34. The second kappa shape index (κ2) is 7.94. The summed E-state index contributed by atoms with van der Waals surface area (Å²) < 4.78 is 0. The zero-order valence-electron chi connectivity index (χ0n) is 13.3. The van der Waals surface area contributed by atoms with Crippen molar-refractivity contribution < 1.29 is 4.79 Å². The smallest absolute Gasteiger partial charge is 0.267 e. The maximum Gasteiger partial charge on any atom is 0.267 e. The number of amides is 1. The van der Waals surface area contributed by atoms with Crippen LogP contribution in [0.2, 0.25) is 0 Å². The SMILES string of the molecule is O=C(NCCCN1CCNCC1)c1ccc(-c2ccccc2)[nH]1. The highest BCUT2D eigenvalue weighted by atomic mass is 16.1. The number of hydrogen-bond donors (Lipinski definition) is 3. The second-order valence-corrected chi connectivity index (χ2v) is 5.85. The molecule has 3 rings (SSSR count). The van der Waals surface area contributed by atoms with Crippen molar-refractivity contribution in [3.05, 3.63) is 48.2 Å². The third-order valence-corrected chi connectivity index (χ3v) is 4.16. The van der Waals surface area contributed by atoms with Gasteiger partial charge in [0.2, 0.25) is 0 Å². The Morgan fingerprint density at radius 2 is 1.87 bits per heavy atom. The Kier molecular flexibility index (Phi) is 5.45. The van der Waals surface area contributed by atoms with Gasteiger partial charge in [0.1, 0.15) is 5.69 Å². The summed E-state index contributed by atoms with van der Waals surface area (Å²) in [5.41, 5.74) is 2.67. The first kappa shape index (κ1) is 15.8. The fourth-order valence-electron chi connectivity index (χ4n) is 2.85. The number of aromatic nitrogens is 1. The molecule has 1 aromatic heterocycles. The lowest BCUT2D eigenvalue weighted by Crippen LogP contribution is -2.44. The normalized spacial score (nSPS) is 15.5. The molecule has 23 heavy (non-hydrogen) atoms. The molecule has 1 aliphatic rings. The number of H-pyrrole nitrogens is 1. The fraction of sp³-hybridized carbons (Fsp3) is 0.389. The van der Waals surface area contributed by atoms with Crippen molar-refractivity contribution in [1.82, 2.24) is 20.5 Å². The quantitative estimate of drug-likeness (QED) is 0.712. The molecule has 1 amide bonds. The van der Waals surface area contributed by atoms with Gasteiger partial charge in [-0.05, 0) is 30.7 Å². The number of rotatable bonds is 6. The molecule has 1 aliphatic heterocycles. The molecule has 0 radical (unpaired) electrons. The van der Waals surface area contributed by atoms with Crippen molar-refractivity contribution in [3.8, 4) is 11.3 Å². The summed E-state index contributed by atoms with van der Waals surface area (Å²) in [6, 6.07) is 13.8. The molecule has 3 N–H and O–H groups in total. The Balaban J connectivity index is 1.44. The van der Waals surface area contributed by atoms with Gasteiger partial charge in [-0.25, -0.2) is 0 Å². The van der Waals surface area contributed by atoms with Crippen LogP contribution in [0.4, 0.5) is 0 Å². The maximum atomic E-state index is 12.2. The van der Waals surface area contributed by atoms with Gasteiger partial charge in [0.25, 0.3) is 5.91 Å². The van der Waals surface area contributed by atoms with Crippen molar-refractivity contribution in [2.24, 2.45) is 0 Å². The zero-order chi connectivity index (χ0) is 15.9. The number of hydrogen-bond acceptors (Lipinski definition) is 3. The molecule has 0 aliphatic carbocycles. The lowest BCUT2D eigenvalue weighted by atomic mass is 10.2. The average molecular weight is 312 g/mol. The minimum atomic E-state index is -0.0347. The Morgan fingerprint density at radius 3 is 2.65 bits per heavy atom.